The first kappa shape index (κ1) is 26.1. The van der Waals surface area contributed by atoms with Crippen LogP contribution in [0.1, 0.15) is 18.4 Å². The lowest BCUT2D eigenvalue weighted by Crippen LogP contribution is -2.46. The molecule has 4 rings (SSSR count). The van der Waals surface area contributed by atoms with Gasteiger partial charge in [-0.25, -0.2) is 4.79 Å². The minimum Gasteiger partial charge on any atom is -0.493 e. The van der Waals surface area contributed by atoms with Crippen molar-refractivity contribution in [3.05, 3.63) is 57.7 Å². The van der Waals surface area contributed by atoms with Gasteiger partial charge >= 0.3 is 6.03 Å². The summed E-state index contributed by atoms with van der Waals surface area (Å²) in [6.45, 7) is 4.88. The molecule has 36 heavy (non-hydrogen) atoms. The van der Waals surface area contributed by atoms with Gasteiger partial charge in [0.1, 0.15) is 5.70 Å². The molecule has 0 aliphatic carbocycles. The Morgan fingerprint density at radius 3 is 2.39 bits per heavy atom. The molecule has 192 valence electrons. The van der Waals surface area contributed by atoms with Crippen LogP contribution < -0.4 is 19.7 Å². The molecule has 0 aromatic heterocycles. The first-order valence-electron chi connectivity index (χ1n) is 11.9. The molecular weight excluding hydrogens is 503 g/mol. The van der Waals surface area contributed by atoms with Crippen molar-refractivity contribution in [1.29, 1.82) is 0 Å². The quantitative estimate of drug-likeness (QED) is 0.291. The molecule has 2 fully saturated rings. The summed E-state index contributed by atoms with van der Waals surface area (Å²) < 4.78 is 10.6. The summed E-state index contributed by atoms with van der Waals surface area (Å²) in [7, 11) is 3.11. The predicted octanol–water partition coefficient (Wildman–Crippen LogP) is 4.51. The second kappa shape index (κ2) is 11.9. The standard InChI is InChI=1S/C26H30Cl2N4O4/c1-35-22-9-8-18(17-23(22)36-2)16-20-25(33)32(26(34)29-20)11-4-3-10-30-12-14-31(15-13-30)21-7-5-6-19(27)24(21)28/h5-9,16-17H,3-4,10-15H2,1-2H3,(H,29,34)/b20-16-. The number of carbonyl (C=O) groups is 2. The summed E-state index contributed by atoms with van der Waals surface area (Å²) in [6.07, 6.45) is 3.28. The van der Waals surface area contributed by atoms with E-state index in [0.717, 1.165) is 56.8 Å². The molecule has 0 saturated carbocycles. The third-order valence-electron chi connectivity index (χ3n) is 6.43. The topological polar surface area (TPSA) is 74.4 Å². The highest BCUT2D eigenvalue weighted by Crippen LogP contribution is 2.33. The van der Waals surface area contributed by atoms with E-state index in [0.29, 0.717) is 28.1 Å². The number of ether oxygens (including phenoxy) is 2. The minimum atomic E-state index is -0.390. The van der Waals surface area contributed by atoms with Gasteiger partial charge in [-0.2, -0.15) is 0 Å². The molecule has 2 aromatic carbocycles. The lowest BCUT2D eigenvalue weighted by atomic mass is 10.1. The SMILES string of the molecule is COc1ccc(/C=C2\NC(=O)N(CCCCN3CCN(c4cccc(Cl)c4Cl)CC3)C2=O)cc1OC. The van der Waals surface area contributed by atoms with E-state index >= 15 is 0 Å². The van der Waals surface area contributed by atoms with E-state index in [1.165, 1.54) is 4.90 Å². The Balaban J connectivity index is 1.24. The van der Waals surface area contributed by atoms with Crippen molar-refractivity contribution in [2.45, 2.75) is 12.8 Å². The van der Waals surface area contributed by atoms with E-state index in [-0.39, 0.29) is 11.6 Å². The number of imide groups is 1. The Morgan fingerprint density at radius 1 is 0.944 bits per heavy atom. The average Bonchev–Trinajstić information content (AvgIpc) is 3.15. The summed E-state index contributed by atoms with van der Waals surface area (Å²) >= 11 is 12.5. The van der Waals surface area contributed by atoms with Crippen LogP contribution in [-0.2, 0) is 4.79 Å². The number of hydrogen-bond acceptors (Lipinski definition) is 6. The molecule has 2 saturated heterocycles. The molecule has 2 aromatic rings. The Morgan fingerprint density at radius 2 is 1.67 bits per heavy atom. The van der Waals surface area contributed by atoms with Crippen LogP contribution in [0.25, 0.3) is 6.08 Å². The van der Waals surface area contributed by atoms with Gasteiger partial charge in [0.2, 0.25) is 0 Å². The second-order valence-electron chi connectivity index (χ2n) is 8.67. The predicted molar refractivity (Wildman–Crippen MR) is 142 cm³/mol. The number of anilines is 1. The lowest BCUT2D eigenvalue weighted by Gasteiger charge is -2.36. The monoisotopic (exact) mass is 532 g/mol. The normalized spacial score (nSPS) is 17.6. The molecule has 0 atom stereocenters. The molecule has 2 heterocycles. The fourth-order valence-corrected chi connectivity index (χ4v) is 4.85. The van der Waals surface area contributed by atoms with Crippen LogP contribution >= 0.6 is 23.2 Å². The lowest BCUT2D eigenvalue weighted by molar-refractivity contribution is -0.122. The van der Waals surface area contributed by atoms with Gasteiger partial charge in [0.25, 0.3) is 5.91 Å². The number of rotatable bonds is 9. The number of amides is 3. The number of piperazine rings is 1. The van der Waals surface area contributed by atoms with Crippen LogP contribution in [0.3, 0.4) is 0 Å². The van der Waals surface area contributed by atoms with E-state index in [4.69, 9.17) is 32.7 Å². The van der Waals surface area contributed by atoms with E-state index in [9.17, 15) is 9.59 Å². The first-order valence-corrected chi connectivity index (χ1v) is 12.6. The number of unbranched alkanes of at least 4 members (excludes halogenated alkanes) is 1. The maximum Gasteiger partial charge on any atom is 0.329 e. The molecule has 3 amide bonds. The van der Waals surface area contributed by atoms with Crippen molar-refractivity contribution in [2.24, 2.45) is 0 Å². The Bertz CT molecular complexity index is 1150. The summed E-state index contributed by atoms with van der Waals surface area (Å²) in [5.74, 6) is 0.830. The summed E-state index contributed by atoms with van der Waals surface area (Å²) in [5, 5.41) is 3.84. The molecule has 0 spiro atoms. The van der Waals surface area contributed by atoms with Crippen molar-refractivity contribution >= 4 is 46.9 Å². The molecule has 2 aliphatic rings. The van der Waals surface area contributed by atoms with Gasteiger partial charge in [-0.3, -0.25) is 14.6 Å². The highest BCUT2D eigenvalue weighted by atomic mass is 35.5. The molecule has 10 heteroatoms. The highest BCUT2D eigenvalue weighted by Gasteiger charge is 2.33. The van der Waals surface area contributed by atoms with Crippen LogP contribution in [0.15, 0.2) is 42.1 Å². The number of carbonyl (C=O) groups excluding carboxylic acids is 2. The van der Waals surface area contributed by atoms with Gasteiger partial charge < -0.3 is 19.7 Å². The van der Waals surface area contributed by atoms with Crippen LogP contribution in [-0.4, -0.2) is 75.2 Å². The second-order valence-corrected chi connectivity index (χ2v) is 9.45. The number of nitrogens with zero attached hydrogens (tertiary/aromatic N) is 3. The smallest absolute Gasteiger partial charge is 0.329 e. The third-order valence-corrected chi connectivity index (χ3v) is 7.24. The van der Waals surface area contributed by atoms with Gasteiger partial charge in [0, 0.05) is 32.7 Å². The molecule has 0 radical (unpaired) electrons. The number of benzene rings is 2. The zero-order valence-electron chi connectivity index (χ0n) is 20.4. The fraction of sp³-hybridized carbons (Fsp3) is 0.385. The maximum atomic E-state index is 12.8. The van der Waals surface area contributed by atoms with Crippen molar-refractivity contribution < 1.29 is 19.1 Å². The summed E-state index contributed by atoms with van der Waals surface area (Å²) in [5.41, 5.74) is 1.96. The van der Waals surface area contributed by atoms with E-state index in [2.05, 4.69) is 15.1 Å². The van der Waals surface area contributed by atoms with E-state index in [1.807, 2.05) is 12.1 Å². The molecule has 2 aliphatic heterocycles. The van der Waals surface area contributed by atoms with Gasteiger partial charge in [-0.05, 0) is 55.3 Å². The van der Waals surface area contributed by atoms with Crippen LogP contribution in [0, 0.1) is 0 Å². The first-order chi connectivity index (χ1) is 17.4. The minimum absolute atomic E-state index is 0.253. The average molecular weight is 533 g/mol. The third kappa shape index (κ3) is 5.88. The Labute approximate surface area is 221 Å². The fourth-order valence-electron chi connectivity index (χ4n) is 4.44. The molecular formula is C26H30Cl2N4O4. The molecule has 0 unspecified atom stereocenters. The van der Waals surface area contributed by atoms with Crippen LogP contribution in [0.4, 0.5) is 10.5 Å². The number of nitrogens with one attached hydrogen (secondary N) is 1. The molecule has 1 N–H and O–H groups in total. The highest BCUT2D eigenvalue weighted by molar-refractivity contribution is 6.43. The number of halogens is 2. The van der Waals surface area contributed by atoms with Crippen LogP contribution in [0.2, 0.25) is 10.0 Å². The zero-order chi connectivity index (χ0) is 25.7. The number of hydrogen-bond donors (Lipinski definition) is 1. The summed E-state index contributed by atoms with van der Waals surface area (Å²) in [6, 6.07) is 10.6. The van der Waals surface area contributed by atoms with Crippen molar-refractivity contribution in [3.8, 4) is 11.5 Å². The van der Waals surface area contributed by atoms with Gasteiger partial charge in [-0.1, -0.05) is 35.3 Å². The number of urea groups is 1. The van der Waals surface area contributed by atoms with Crippen LogP contribution in [0.5, 0.6) is 11.5 Å². The van der Waals surface area contributed by atoms with Gasteiger partial charge in [-0.15, -0.1) is 0 Å². The van der Waals surface area contributed by atoms with E-state index in [1.54, 1.807) is 44.6 Å². The zero-order valence-corrected chi connectivity index (χ0v) is 21.9. The van der Waals surface area contributed by atoms with Gasteiger partial charge in [0.05, 0.1) is 30.0 Å². The Hall–Kier alpha value is -2.94. The largest absolute Gasteiger partial charge is 0.493 e. The molecule has 8 nitrogen and oxygen atoms in total. The maximum absolute atomic E-state index is 12.8. The van der Waals surface area contributed by atoms with E-state index < -0.39 is 6.03 Å². The van der Waals surface area contributed by atoms with Gasteiger partial charge in [0.15, 0.2) is 11.5 Å². The van der Waals surface area contributed by atoms with Crippen molar-refractivity contribution in [1.82, 2.24) is 15.1 Å². The Kier molecular flexibility index (Phi) is 8.61. The number of methoxy groups -OCH3 is 2. The van der Waals surface area contributed by atoms with Crippen molar-refractivity contribution in [3.63, 3.8) is 0 Å². The van der Waals surface area contributed by atoms with Crippen molar-refractivity contribution in [2.75, 3.05) is 58.4 Å². The summed E-state index contributed by atoms with van der Waals surface area (Å²) in [4.78, 5) is 31.1. The molecule has 0 bridgehead atoms.